The van der Waals surface area contributed by atoms with Crippen molar-refractivity contribution in [3.8, 4) is 0 Å². The molecule has 4 rings (SSSR count). The van der Waals surface area contributed by atoms with Crippen molar-refractivity contribution in [3.63, 3.8) is 0 Å². The van der Waals surface area contributed by atoms with Crippen LogP contribution in [0.5, 0.6) is 0 Å². The Morgan fingerprint density at radius 3 is 2.71 bits per heavy atom. The largest absolute Gasteiger partial charge is 0.477 e. The SMILES string of the molecule is CN1CCN(C(=O)OCC2=C(C(=O)O)N3C(=O)C(NC(=O)Cc4csc(NC=O)n4)[C@H]3SC2)CC1. The predicted molar refractivity (Wildman–Crippen MR) is 126 cm³/mol. The van der Waals surface area contributed by atoms with Gasteiger partial charge in [0.15, 0.2) is 5.13 Å². The number of aliphatic carboxylic acids is 1. The van der Waals surface area contributed by atoms with Gasteiger partial charge in [-0.25, -0.2) is 14.6 Å². The fourth-order valence-corrected chi connectivity index (χ4v) is 5.91. The fourth-order valence-electron chi connectivity index (χ4n) is 3.92. The average Bonchev–Trinajstić information content (AvgIpc) is 3.27. The summed E-state index contributed by atoms with van der Waals surface area (Å²) >= 11 is 2.46. The molecule has 1 aromatic rings. The van der Waals surface area contributed by atoms with Crippen molar-refractivity contribution in [2.24, 2.45) is 0 Å². The second kappa shape index (κ2) is 10.6. The first-order valence-electron chi connectivity index (χ1n) is 10.7. The summed E-state index contributed by atoms with van der Waals surface area (Å²) in [6.07, 6.45) is -0.122. The molecule has 15 heteroatoms. The number of carbonyl (C=O) groups excluding carboxylic acids is 4. The summed E-state index contributed by atoms with van der Waals surface area (Å²) in [4.78, 5) is 68.9. The first kappa shape index (κ1) is 24.9. The van der Waals surface area contributed by atoms with Gasteiger partial charge in [0.2, 0.25) is 12.3 Å². The monoisotopic (exact) mass is 524 g/mol. The molecule has 1 aromatic heterocycles. The van der Waals surface area contributed by atoms with E-state index in [1.165, 1.54) is 23.1 Å². The molecular formula is C20H24N6O7S2. The topological polar surface area (TPSA) is 161 Å². The molecule has 35 heavy (non-hydrogen) atoms. The van der Waals surface area contributed by atoms with E-state index in [4.69, 9.17) is 4.74 Å². The summed E-state index contributed by atoms with van der Waals surface area (Å²) in [5.41, 5.74) is 0.559. The highest BCUT2D eigenvalue weighted by molar-refractivity contribution is 8.00. The Morgan fingerprint density at radius 2 is 2.03 bits per heavy atom. The minimum absolute atomic E-state index is 0.0900. The number of fused-ring (bicyclic) bond motifs is 1. The van der Waals surface area contributed by atoms with Crippen LogP contribution in [0.1, 0.15) is 5.69 Å². The van der Waals surface area contributed by atoms with Crippen molar-refractivity contribution < 1.29 is 33.8 Å². The van der Waals surface area contributed by atoms with Gasteiger partial charge >= 0.3 is 12.1 Å². The number of thiazole rings is 1. The van der Waals surface area contributed by atoms with Crippen LogP contribution >= 0.6 is 23.1 Å². The number of carbonyl (C=O) groups is 5. The van der Waals surface area contributed by atoms with Crippen LogP contribution in [0.4, 0.5) is 9.93 Å². The fraction of sp³-hybridized carbons (Fsp3) is 0.500. The number of nitrogens with zero attached hydrogens (tertiary/aromatic N) is 4. The normalized spacial score (nSPS) is 22.3. The number of rotatable bonds is 8. The van der Waals surface area contributed by atoms with Crippen molar-refractivity contribution in [1.29, 1.82) is 0 Å². The number of thioether (sulfide) groups is 1. The molecule has 2 fully saturated rings. The first-order chi connectivity index (χ1) is 16.8. The van der Waals surface area contributed by atoms with Crippen LogP contribution < -0.4 is 10.6 Å². The quantitative estimate of drug-likeness (QED) is 0.295. The number of aromatic nitrogens is 1. The van der Waals surface area contributed by atoms with Crippen LogP contribution in [-0.2, 0) is 30.3 Å². The van der Waals surface area contributed by atoms with Gasteiger partial charge in [-0.05, 0) is 7.05 Å². The van der Waals surface area contributed by atoms with Crippen LogP contribution in [0.3, 0.4) is 0 Å². The number of nitrogens with one attached hydrogen (secondary N) is 2. The van der Waals surface area contributed by atoms with Gasteiger partial charge < -0.3 is 30.3 Å². The molecule has 0 aromatic carbocycles. The minimum Gasteiger partial charge on any atom is -0.477 e. The number of hydrogen-bond donors (Lipinski definition) is 3. The lowest BCUT2D eigenvalue weighted by molar-refractivity contribution is -0.150. The molecule has 2 saturated heterocycles. The zero-order valence-corrected chi connectivity index (χ0v) is 20.4. The summed E-state index contributed by atoms with van der Waals surface area (Å²) in [5.74, 6) is -2.04. The van der Waals surface area contributed by atoms with E-state index in [0.29, 0.717) is 35.9 Å². The number of amides is 4. The highest BCUT2D eigenvalue weighted by Gasteiger charge is 2.54. The Hall–Kier alpha value is -3.17. The second-order valence-electron chi connectivity index (χ2n) is 8.14. The summed E-state index contributed by atoms with van der Waals surface area (Å²) < 4.78 is 5.35. The van der Waals surface area contributed by atoms with Gasteiger partial charge in [0.1, 0.15) is 23.7 Å². The molecule has 13 nitrogen and oxygen atoms in total. The van der Waals surface area contributed by atoms with Crippen molar-refractivity contribution in [1.82, 2.24) is 25.0 Å². The van der Waals surface area contributed by atoms with Crippen molar-refractivity contribution >= 4 is 58.5 Å². The second-order valence-corrected chi connectivity index (χ2v) is 10.1. The number of carboxylic acids is 1. The molecule has 3 aliphatic rings. The van der Waals surface area contributed by atoms with Crippen LogP contribution in [0.2, 0.25) is 0 Å². The molecule has 4 heterocycles. The smallest absolute Gasteiger partial charge is 0.410 e. The summed E-state index contributed by atoms with van der Waals surface area (Å²) in [6, 6.07) is -0.873. The molecule has 0 radical (unpaired) electrons. The van der Waals surface area contributed by atoms with E-state index >= 15 is 0 Å². The number of hydrogen-bond acceptors (Lipinski definition) is 10. The third kappa shape index (κ3) is 5.41. The molecule has 0 saturated carbocycles. The molecule has 3 N–H and O–H groups in total. The number of ether oxygens (including phenoxy) is 1. The van der Waals surface area contributed by atoms with E-state index < -0.39 is 35.3 Å². The molecule has 1 unspecified atom stereocenters. The Morgan fingerprint density at radius 1 is 1.29 bits per heavy atom. The number of β-lactam (4-membered cyclic amide) rings is 1. The molecule has 4 amide bonds. The molecule has 0 spiro atoms. The van der Waals surface area contributed by atoms with Gasteiger partial charge in [0.25, 0.3) is 5.91 Å². The van der Waals surface area contributed by atoms with E-state index in [9.17, 15) is 29.1 Å². The lowest BCUT2D eigenvalue weighted by atomic mass is 10.0. The lowest BCUT2D eigenvalue weighted by Crippen LogP contribution is -2.70. The van der Waals surface area contributed by atoms with E-state index in [2.05, 4.69) is 20.5 Å². The van der Waals surface area contributed by atoms with Crippen LogP contribution in [0.25, 0.3) is 0 Å². The zero-order valence-electron chi connectivity index (χ0n) is 18.8. The van der Waals surface area contributed by atoms with E-state index in [1.54, 1.807) is 10.3 Å². The Bertz CT molecular complexity index is 1070. The first-order valence-corrected chi connectivity index (χ1v) is 12.7. The number of anilines is 1. The third-order valence-electron chi connectivity index (χ3n) is 5.77. The van der Waals surface area contributed by atoms with Gasteiger partial charge in [-0.15, -0.1) is 23.1 Å². The van der Waals surface area contributed by atoms with Crippen molar-refractivity contribution in [2.75, 3.05) is 50.9 Å². The average molecular weight is 525 g/mol. The maximum absolute atomic E-state index is 12.8. The zero-order chi connectivity index (χ0) is 25.1. The number of carboxylic acid groups (broad SMARTS) is 1. The third-order valence-corrected chi connectivity index (χ3v) is 7.94. The maximum atomic E-state index is 12.8. The molecule has 3 aliphatic heterocycles. The molecular weight excluding hydrogens is 500 g/mol. The minimum atomic E-state index is -1.29. The van der Waals surface area contributed by atoms with Gasteiger partial charge in [-0.2, -0.15) is 0 Å². The standard InChI is InChI=1S/C20H24N6O7S2/c1-24-2-4-25(5-3-24)20(32)33-7-11-8-34-17-14(16(29)26(17)15(11)18(30)31)23-13(28)6-12-9-35-19(22-12)21-10-27/h9-10,14,17H,2-8H2,1H3,(H,23,28)(H,30,31)(H,21,22,27)/t14?,17-/m1/s1. The Balaban J connectivity index is 1.35. The number of likely N-dealkylation sites (N-methyl/N-ethyl adjacent to an activating group) is 1. The van der Waals surface area contributed by atoms with Crippen LogP contribution in [-0.4, -0.2) is 112 Å². The molecule has 2 atom stereocenters. The van der Waals surface area contributed by atoms with E-state index in [-0.39, 0.29) is 24.5 Å². The van der Waals surface area contributed by atoms with Gasteiger partial charge in [-0.3, -0.25) is 19.3 Å². The van der Waals surface area contributed by atoms with E-state index in [0.717, 1.165) is 18.0 Å². The summed E-state index contributed by atoms with van der Waals surface area (Å²) in [7, 11) is 1.96. The van der Waals surface area contributed by atoms with Crippen molar-refractivity contribution in [3.05, 3.63) is 22.3 Å². The Labute approximate surface area is 208 Å². The highest BCUT2D eigenvalue weighted by Crippen LogP contribution is 2.40. The maximum Gasteiger partial charge on any atom is 0.410 e. The lowest BCUT2D eigenvalue weighted by Gasteiger charge is -2.49. The van der Waals surface area contributed by atoms with Crippen LogP contribution in [0, 0.1) is 0 Å². The van der Waals surface area contributed by atoms with Gasteiger partial charge in [-0.1, -0.05) is 0 Å². The van der Waals surface area contributed by atoms with Gasteiger partial charge in [0.05, 0.1) is 12.1 Å². The summed E-state index contributed by atoms with van der Waals surface area (Å²) in [6.45, 7) is 2.28. The van der Waals surface area contributed by atoms with Gasteiger partial charge in [0, 0.05) is 42.9 Å². The number of piperazine rings is 1. The van der Waals surface area contributed by atoms with Crippen LogP contribution in [0.15, 0.2) is 16.7 Å². The highest BCUT2D eigenvalue weighted by atomic mass is 32.2. The van der Waals surface area contributed by atoms with E-state index in [1.807, 2.05) is 7.05 Å². The molecule has 188 valence electrons. The summed E-state index contributed by atoms with van der Waals surface area (Å²) in [5, 5.41) is 16.2. The molecule has 0 aliphatic carbocycles. The Kier molecular flexibility index (Phi) is 7.57. The molecule has 0 bridgehead atoms. The predicted octanol–water partition coefficient (Wildman–Crippen LogP) is -0.623. The van der Waals surface area contributed by atoms with Crippen molar-refractivity contribution in [2.45, 2.75) is 17.8 Å².